The number of aliphatic hydroxyl groups is 1. The molecule has 100 valence electrons. The standard InChI is InChI=1S/C13H27N3O/c1-13(2,12(14)15)7-9-16-8-4-3-5-11(16)6-10-17/h11,17H,3-10H2,1-2H3,(H3,14,15). The molecule has 17 heavy (non-hydrogen) atoms. The van der Waals surface area contributed by atoms with E-state index < -0.39 is 0 Å². The number of hydrogen-bond acceptors (Lipinski definition) is 3. The Morgan fingerprint density at radius 2 is 2.18 bits per heavy atom. The number of rotatable bonds is 6. The minimum atomic E-state index is -0.207. The molecule has 1 fully saturated rings. The Hall–Kier alpha value is -0.610. The van der Waals surface area contributed by atoms with E-state index in [1.165, 1.54) is 19.3 Å². The molecule has 0 bridgehead atoms. The first-order chi connectivity index (χ1) is 7.97. The summed E-state index contributed by atoms with van der Waals surface area (Å²) < 4.78 is 0. The molecule has 4 heteroatoms. The molecule has 1 heterocycles. The quantitative estimate of drug-likeness (QED) is 0.488. The molecule has 1 unspecified atom stereocenters. The Balaban J connectivity index is 2.45. The van der Waals surface area contributed by atoms with Crippen molar-refractivity contribution in [2.24, 2.45) is 11.1 Å². The Bertz CT molecular complexity index is 251. The first kappa shape index (κ1) is 14.5. The normalized spacial score (nSPS) is 22.6. The Kier molecular flexibility index (Phi) is 5.40. The number of aliphatic hydroxyl groups excluding tert-OH is 1. The van der Waals surface area contributed by atoms with Crippen LogP contribution in [0.3, 0.4) is 0 Å². The lowest BCUT2D eigenvalue weighted by atomic mass is 9.87. The molecule has 1 saturated heterocycles. The molecule has 1 aliphatic rings. The highest BCUT2D eigenvalue weighted by Crippen LogP contribution is 2.24. The summed E-state index contributed by atoms with van der Waals surface area (Å²) in [5.74, 6) is 0.271. The van der Waals surface area contributed by atoms with Crippen LogP contribution in [0.25, 0.3) is 0 Å². The third-order valence-corrected chi connectivity index (χ3v) is 3.96. The van der Waals surface area contributed by atoms with Crippen LogP contribution in [0.4, 0.5) is 0 Å². The summed E-state index contributed by atoms with van der Waals surface area (Å²) in [4.78, 5) is 2.46. The number of nitrogens with two attached hydrogens (primary N) is 1. The number of hydrogen-bond donors (Lipinski definition) is 3. The zero-order valence-electron chi connectivity index (χ0n) is 11.2. The maximum atomic E-state index is 9.07. The molecule has 0 amide bonds. The average Bonchev–Trinajstić information content (AvgIpc) is 2.28. The molecule has 0 aromatic heterocycles. The third-order valence-electron chi connectivity index (χ3n) is 3.96. The van der Waals surface area contributed by atoms with Gasteiger partial charge in [0.15, 0.2) is 0 Å². The maximum absolute atomic E-state index is 9.07. The minimum absolute atomic E-state index is 0.207. The van der Waals surface area contributed by atoms with Gasteiger partial charge >= 0.3 is 0 Å². The highest BCUT2D eigenvalue weighted by Gasteiger charge is 2.26. The largest absolute Gasteiger partial charge is 0.396 e. The van der Waals surface area contributed by atoms with Crippen molar-refractivity contribution in [3.8, 4) is 0 Å². The van der Waals surface area contributed by atoms with Gasteiger partial charge in [-0.2, -0.15) is 0 Å². The van der Waals surface area contributed by atoms with Gasteiger partial charge in [-0.3, -0.25) is 5.41 Å². The van der Waals surface area contributed by atoms with Crippen LogP contribution in [0.1, 0.15) is 46.0 Å². The Morgan fingerprint density at radius 1 is 1.47 bits per heavy atom. The first-order valence-electron chi connectivity index (χ1n) is 6.67. The second-order valence-electron chi connectivity index (χ2n) is 5.75. The van der Waals surface area contributed by atoms with Gasteiger partial charge in [-0.25, -0.2) is 0 Å². The lowest BCUT2D eigenvalue weighted by Crippen LogP contribution is -2.43. The van der Waals surface area contributed by atoms with E-state index in [-0.39, 0.29) is 17.9 Å². The van der Waals surface area contributed by atoms with Crippen molar-refractivity contribution in [3.63, 3.8) is 0 Å². The van der Waals surface area contributed by atoms with Crippen molar-refractivity contribution < 1.29 is 5.11 Å². The molecule has 1 rings (SSSR count). The number of amidine groups is 1. The van der Waals surface area contributed by atoms with Crippen LogP contribution in [-0.2, 0) is 0 Å². The van der Waals surface area contributed by atoms with E-state index in [1.54, 1.807) is 0 Å². The fraction of sp³-hybridized carbons (Fsp3) is 0.923. The van der Waals surface area contributed by atoms with E-state index in [1.807, 2.05) is 13.8 Å². The summed E-state index contributed by atoms with van der Waals surface area (Å²) in [6.45, 7) is 6.44. The summed E-state index contributed by atoms with van der Waals surface area (Å²) in [5, 5.41) is 16.6. The van der Waals surface area contributed by atoms with E-state index >= 15 is 0 Å². The first-order valence-corrected chi connectivity index (χ1v) is 6.67. The number of piperidine rings is 1. The predicted molar refractivity (Wildman–Crippen MR) is 71.2 cm³/mol. The van der Waals surface area contributed by atoms with E-state index in [9.17, 15) is 0 Å². The Labute approximate surface area is 105 Å². The van der Waals surface area contributed by atoms with E-state index in [2.05, 4.69) is 4.90 Å². The van der Waals surface area contributed by atoms with Crippen LogP contribution in [0.5, 0.6) is 0 Å². The second-order valence-corrected chi connectivity index (χ2v) is 5.75. The molecule has 0 saturated carbocycles. The van der Waals surface area contributed by atoms with Crippen molar-refractivity contribution >= 4 is 5.84 Å². The van der Waals surface area contributed by atoms with Gasteiger partial charge in [0.2, 0.25) is 0 Å². The van der Waals surface area contributed by atoms with Crippen molar-refractivity contribution in [2.45, 2.75) is 52.0 Å². The van der Waals surface area contributed by atoms with Crippen LogP contribution in [-0.4, -0.2) is 41.6 Å². The van der Waals surface area contributed by atoms with Crippen LogP contribution in [0.15, 0.2) is 0 Å². The smallest absolute Gasteiger partial charge is 0.0963 e. The van der Waals surface area contributed by atoms with E-state index in [0.717, 1.165) is 25.9 Å². The van der Waals surface area contributed by atoms with Crippen molar-refractivity contribution in [2.75, 3.05) is 19.7 Å². The molecule has 0 radical (unpaired) electrons. The van der Waals surface area contributed by atoms with Gasteiger partial charge in [-0.15, -0.1) is 0 Å². The van der Waals surface area contributed by atoms with Gasteiger partial charge in [0, 0.05) is 18.1 Å². The van der Waals surface area contributed by atoms with Gasteiger partial charge in [0.25, 0.3) is 0 Å². The third kappa shape index (κ3) is 4.28. The van der Waals surface area contributed by atoms with Crippen molar-refractivity contribution in [3.05, 3.63) is 0 Å². The van der Waals surface area contributed by atoms with Gasteiger partial charge in [0.05, 0.1) is 5.84 Å². The molecular weight excluding hydrogens is 214 g/mol. The zero-order chi connectivity index (χ0) is 12.9. The van der Waals surface area contributed by atoms with Crippen molar-refractivity contribution in [1.29, 1.82) is 5.41 Å². The Morgan fingerprint density at radius 3 is 2.76 bits per heavy atom. The monoisotopic (exact) mass is 241 g/mol. The lowest BCUT2D eigenvalue weighted by molar-refractivity contribution is 0.110. The van der Waals surface area contributed by atoms with E-state index in [4.69, 9.17) is 16.2 Å². The van der Waals surface area contributed by atoms with Gasteiger partial charge in [-0.1, -0.05) is 20.3 Å². The molecule has 4 N–H and O–H groups in total. The van der Waals surface area contributed by atoms with Crippen LogP contribution in [0, 0.1) is 10.8 Å². The SMILES string of the molecule is CC(C)(CCN1CCCCC1CCO)C(=N)N. The maximum Gasteiger partial charge on any atom is 0.0963 e. The highest BCUT2D eigenvalue weighted by molar-refractivity contribution is 5.82. The summed E-state index contributed by atoms with van der Waals surface area (Å²) in [5.41, 5.74) is 5.40. The molecule has 0 aromatic carbocycles. The van der Waals surface area contributed by atoms with Gasteiger partial charge in [0.1, 0.15) is 0 Å². The van der Waals surface area contributed by atoms with E-state index in [0.29, 0.717) is 6.04 Å². The summed E-state index contributed by atoms with van der Waals surface area (Å²) in [6.07, 6.45) is 5.52. The number of nitrogens with one attached hydrogen (secondary N) is 1. The predicted octanol–water partition coefficient (Wildman–Crippen LogP) is 1.58. The molecular formula is C13H27N3O. The molecule has 4 nitrogen and oxygen atoms in total. The fourth-order valence-electron chi connectivity index (χ4n) is 2.39. The van der Waals surface area contributed by atoms with Crippen molar-refractivity contribution in [1.82, 2.24) is 4.90 Å². The lowest BCUT2D eigenvalue weighted by Gasteiger charge is -2.37. The summed E-state index contributed by atoms with van der Waals surface area (Å²) in [7, 11) is 0. The van der Waals surface area contributed by atoms with Gasteiger partial charge in [-0.05, 0) is 38.8 Å². The van der Waals surface area contributed by atoms with Crippen LogP contribution >= 0.6 is 0 Å². The topological polar surface area (TPSA) is 73.3 Å². The fourth-order valence-corrected chi connectivity index (χ4v) is 2.39. The molecule has 1 atom stereocenters. The highest BCUT2D eigenvalue weighted by atomic mass is 16.3. The minimum Gasteiger partial charge on any atom is -0.396 e. The molecule has 0 aromatic rings. The zero-order valence-corrected chi connectivity index (χ0v) is 11.2. The average molecular weight is 241 g/mol. The molecule has 0 aliphatic carbocycles. The second kappa shape index (κ2) is 6.36. The summed E-state index contributed by atoms with van der Waals surface area (Å²) >= 11 is 0. The van der Waals surface area contributed by atoms with Gasteiger partial charge < -0.3 is 15.7 Å². The number of nitrogens with zero attached hydrogens (tertiary/aromatic N) is 1. The number of likely N-dealkylation sites (tertiary alicyclic amines) is 1. The molecule has 1 aliphatic heterocycles. The van der Waals surface area contributed by atoms with Crippen LogP contribution in [0.2, 0.25) is 0 Å². The van der Waals surface area contributed by atoms with Crippen LogP contribution < -0.4 is 5.73 Å². The summed E-state index contributed by atoms with van der Waals surface area (Å²) in [6, 6.07) is 0.525. The molecule has 0 spiro atoms.